The summed E-state index contributed by atoms with van der Waals surface area (Å²) in [7, 11) is 3.98. The lowest BCUT2D eigenvalue weighted by Gasteiger charge is -2.37. The number of piperazine rings is 1. The van der Waals surface area contributed by atoms with Crippen LogP contribution in [0.25, 0.3) is 0 Å². The molecule has 0 spiro atoms. The first-order valence-corrected chi connectivity index (χ1v) is 9.73. The van der Waals surface area contributed by atoms with Crippen LogP contribution in [-0.4, -0.2) is 55.3 Å². The summed E-state index contributed by atoms with van der Waals surface area (Å²) < 4.78 is 4.03. The standard InChI is InChI=1S/C21H28N6O/c1-16-23-14-17(25(16)3)15-26-10-12-27(13-11-26)19-7-5-4-6-18(19)20(28)21-22-8-9-24(21)2/h4-9,14,20,28H,10-13,15H2,1-3H3. The first kappa shape index (κ1) is 18.7. The Morgan fingerprint density at radius 1 is 1.07 bits per heavy atom. The number of aryl methyl sites for hydroxylation is 2. The first-order valence-electron chi connectivity index (χ1n) is 9.73. The maximum Gasteiger partial charge on any atom is 0.142 e. The summed E-state index contributed by atoms with van der Waals surface area (Å²) in [6.45, 7) is 6.78. The van der Waals surface area contributed by atoms with Crippen LogP contribution in [0, 0.1) is 6.92 Å². The van der Waals surface area contributed by atoms with E-state index in [2.05, 4.69) is 37.4 Å². The highest BCUT2D eigenvalue weighted by atomic mass is 16.3. The number of aliphatic hydroxyl groups is 1. The monoisotopic (exact) mass is 380 g/mol. The van der Waals surface area contributed by atoms with Gasteiger partial charge in [0.2, 0.25) is 0 Å². The quantitative estimate of drug-likeness (QED) is 0.732. The second-order valence-electron chi connectivity index (χ2n) is 7.48. The Morgan fingerprint density at radius 2 is 1.82 bits per heavy atom. The fraction of sp³-hybridized carbons (Fsp3) is 0.429. The molecular formula is C21H28N6O. The predicted octanol–water partition coefficient (Wildman–Crippen LogP) is 1.87. The van der Waals surface area contributed by atoms with Crippen LogP contribution >= 0.6 is 0 Å². The lowest BCUT2D eigenvalue weighted by Crippen LogP contribution is -2.46. The molecule has 1 aliphatic heterocycles. The van der Waals surface area contributed by atoms with E-state index in [1.807, 2.05) is 49.1 Å². The van der Waals surface area contributed by atoms with E-state index in [1.54, 1.807) is 6.20 Å². The molecule has 0 radical (unpaired) electrons. The average molecular weight is 380 g/mol. The van der Waals surface area contributed by atoms with Gasteiger partial charge >= 0.3 is 0 Å². The maximum absolute atomic E-state index is 10.9. The van der Waals surface area contributed by atoms with Crippen molar-refractivity contribution in [3.8, 4) is 0 Å². The molecule has 1 N–H and O–H groups in total. The highest BCUT2D eigenvalue weighted by Gasteiger charge is 2.24. The number of anilines is 1. The Balaban J connectivity index is 1.46. The van der Waals surface area contributed by atoms with Crippen LogP contribution in [0.5, 0.6) is 0 Å². The molecule has 2 aromatic heterocycles. The molecule has 1 aromatic carbocycles. The molecule has 1 unspecified atom stereocenters. The van der Waals surface area contributed by atoms with Crippen LogP contribution in [0.1, 0.15) is 29.0 Å². The summed E-state index contributed by atoms with van der Waals surface area (Å²) in [6.07, 6.45) is 4.83. The van der Waals surface area contributed by atoms with Gasteiger partial charge in [0.05, 0.1) is 5.69 Å². The summed E-state index contributed by atoms with van der Waals surface area (Å²) in [5, 5.41) is 10.9. The average Bonchev–Trinajstić information content (AvgIpc) is 3.28. The normalized spacial score (nSPS) is 16.5. The summed E-state index contributed by atoms with van der Waals surface area (Å²) in [5.74, 6) is 1.71. The van der Waals surface area contributed by atoms with Gasteiger partial charge in [-0.15, -0.1) is 0 Å². The number of hydrogen-bond acceptors (Lipinski definition) is 5. The second-order valence-corrected chi connectivity index (χ2v) is 7.48. The van der Waals surface area contributed by atoms with Crippen LogP contribution < -0.4 is 4.90 Å². The van der Waals surface area contributed by atoms with E-state index in [1.165, 1.54) is 5.69 Å². The molecule has 0 bridgehead atoms. The van der Waals surface area contributed by atoms with Crippen LogP contribution in [0.15, 0.2) is 42.9 Å². The molecular weight excluding hydrogens is 352 g/mol. The van der Waals surface area contributed by atoms with Gasteiger partial charge in [-0.3, -0.25) is 4.90 Å². The van der Waals surface area contributed by atoms with Gasteiger partial charge in [-0.2, -0.15) is 0 Å². The van der Waals surface area contributed by atoms with E-state index in [9.17, 15) is 5.11 Å². The second kappa shape index (κ2) is 7.77. The minimum atomic E-state index is -0.730. The number of benzene rings is 1. The van der Waals surface area contributed by atoms with Gasteiger partial charge in [-0.25, -0.2) is 9.97 Å². The third-order valence-electron chi connectivity index (χ3n) is 5.75. The zero-order valence-electron chi connectivity index (χ0n) is 16.8. The van der Waals surface area contributed by atoms with Crippen molar-refractivity contribution in [1.82, 2.24) is 24.0 Å². The molecule has 148 valence electrons. The molecule has 0 saturated carbocycles. The number of para-hydroxylation sites is 1. The van der Waals surface area contributed by atoms with Gasteiger partial charge in [0.25, 0.3) is 0 Å². The molecule has 3 aromatic rings. The Labute approximate surface area is 165 Å². The Morgan fingerprint density at radius 3 is 2.46 bits per heavy atom. The fourth-order valence-corrected chi connectivity index (χ4v) is 3.86. The third-order valence-corrected chi connectivity index (χ3v) is 5.75. The molecule has 1 fully saturated rings. The number of aromatic nitrogens is 4. The van der Waals surface area contributed by atoms with Crippen LogP contribution in [0.3, 0.4) is 0 Å². The largest absolute Gasteiger partial charge is 0.380 e. The summed E-state index contributed by atoms with van der Waals surface area (Å²) in [5.41, 5.74) is 3.25. The zero-order chi connectivity index (χ0) is 19.7. The molecule has 1 atom stereocenters. The lowest BCUT2D eigenvalue weighted by molar-refractivity contribution is 0.205. The number of aliphatic hydroxyl groups excluding tert-OH is 1. The van der Waals surface area contributed by atoms with E-state index < -0.39 is 6.10 Å². The van der Waals surface area contributed by atoms with Crippen LogP contribution in [0.2, 0.25) is 0 Å². The van der Waals surface area contributed by atoms with E-state index in [0.717, 1.165) is 49.8 Å². The van der Waals surface area contributed by atoms with Crippen molar-refractivity contribution in [3.63, 3.8) is 0 Å². The third kappa shape index (κ3) is 3.55. The highest BCUT2D eigenvalue weighted by molar-refractivity contribution is 5.56. The van der Waals surface area contributed by atoms with Gasteiger partial charge < -0.3 is 19.1 Å². The van der Waals surface area contributed by atoms with Gasteiger partial charge in [0, 0.05) is 76.7 Å². The van der Waals surface area contributed by atoms with Crippen molar-refractivity contribution < 1.29 is 5.11 Å². The minimum Gasteiger partial charge on any atom is -0.380 e. The van der Waals surface area contributed by atoms with E-state index >= 15 is 0 Å². The van der Waals surface area contributed by atoms with Gasteiger partial charge in [0.1, 0.15) is 17.8 Å². The highest BCUT2D eigenvalue weighted by Crippen LogP contribution is 2.30. The van der Waals surface area contributed by atoms with Crippen molar-refractivity contribution in [2.75, 3.05) is 31.1 Å². The molecule has 3 heterocycles. The van der Waals surface area contributed by atoms with Crippen molar-refractivity contribution in [2.45, 2.75) is 19.6 Å². The van der Waals surface area contributed by atoms with Crippen molar-refractivity contribution in [1.29, 1.82) is 0 Å². The lowest BCUT2D eigenvalue weighted by atomic mass is 10.0. The van der Waals surface area contributed by atoms with Crippen molar-refractivity contribution >= 4 is 5.69 Å². The number of hydrogen-bond donors (Lipinski definition) is 1. The van der Waals surface area contributed by atoms with E-state index in [0.29, 0.717) is 5.82 Å². The molecule has 4 rings (SSSR count). The number of imidazole rings is 2. The molecule has 0 aliphatic carbocycles. The van der Waals surface area contributed by atoms with Crippen molar-refractivity contribution in [3.05, 3.63) is 65.8 Å². The molecule has 7 nitrogen and oxygen atoms in total. The SMILES string of the molecule is Cc1ncc(CN2CCN(c3ccccc3C(O)c3nccn3C)CC2)n1C. The Kier molecular flexibility index (Phi) is 5.19. The Bertz CT molecular complexity index is 938. The minimum absolute atomic E-state index is 0.665. The van der Waals surface area contributed by atoms with Crippen LogP contribution in [-0.2, 0) is 20.6 Å². The predicted molar refractivity (Wildman–Crippen MR) is 109 cm³/mol. The smallest absolute Gasteiger partial charge is 0.142 e. The molecule has 1 saturated heterocycles. The topological polar surface area (TPSA) is 62.4 Å². The van der Waals surface area contributed by atoms with Gasteiger partial charge in [-0.05, 0) is 13.0 Å². The summed E-state index contributed by atoms with van der Waals surface area (Å²) in [6, 6.07) is 8.11. The molecule has 0 amide bonds. The van der Waals surface area contributed by atoms with E-state index in [4.69, 9.17) is 0 Å². The maximum atomic E-state index is 10.9. The summed E-state index contributed by atoms with van der Waals surface area (Å²) in [4.78, 5) is 13.6. The number of rotatable bonds is 5. The molecule has 28 heavy (non-hydrogen) atoms. The molecule has 7 heteroatoms. The zero-order valence-corrected chi connectivity index (χ0v) is 16.8. The van der Waals surface area contributed by atoms with Gasteiger partial charge in [-0.1, -0.05) is 18.2 Å². The summed E-state index contributed by atoms with van der Waals surface area (Å²) >= 11 is 0. The Hall–Kier alpha value is -2.64. The van der Waals surface area contributed by atoms with Crippen LogP contribution in [0.4, 0.5) is 5.69 Å². The first-order chi connectivity index (χ1) is 13.5. The van der Waals surface area contributed by atoms with Gasteiger partial charge in [0.15, 0.2) is 0 Å². The molecule has 1 aliphatic rings. The fourth-order valence-electron chi connectivity index (χ4n) is 3.86. The van der Waals surface area contributed by atoms with Crippen molar-refractivity contribution in [2.24, 2.45) is 14.1 Å². The number of nitrogens with zero attached hydrogens (tertiary/aromatic N) is 6. The van der Waals surface area contributed by atoms with E-state index in [-0.39, 0.29) is 0 Å².